The van der Waals surface area contributed by atoms with Gasteiger partial charge in [-0.2, -0.15) is 0 Å². The van der Waals surface area contributed by atoms with Gasteiger partial charge in [-0.3, -0.25) is 4.79 Å². The molecule has 3 heteroatoms. The van der Waals surface area contributed by atoms with Crippen molar-refractivity contribution in [1.82, 2.24) is 0 Å². The van der Waals surface area contributed by atoms with Crippen molar-refractivity contribution in [2.24, 2.45) is 22.2 Å². The summed E-state index contributed by atoms with van der Waals surface area (Å²) in [5, 5.41) is 10.9. The van der Waals surface area contributed by atoms with Gasteiger partial charge in [0.15, 0.2) is 5.78 Å². The first-order valence-corrected chi connectivity index (χ1v) is 7.36. The number of aldehydes is 1. The molecule has 0 aliphatic heterocycles. The van der Waals surface area contributed by atoms with Crippen LogP contribution >= 0.6 is 0 Å². The van der Waals surface area contributed by atoms with E-state index in [2.05, 4.69) is 13.0 Å². The predicted molar refractivity (Wildman–Crippen MR) is 69.3 cm³/mol. The monoisotopic (exact) mass is 260 g/mol. The highest BCUT2D eigenvalue weighted by Crippen LogP contribution is 2.89. The van der Waals surface area contributed by atoms with E-state index in [-0.39, 0.29) is 17.6 Å². The van der Waals surface area contributed by atoms with Gasteiger partial charge in [0, 0.05) is 22.7 Å². The molecule has 19 heavy (non-hydrogen) atoms. The fourth-order valence-electron chi connectivity index (χ4n) is 6.29. The molecule has 0 radical (unpaired) electrons. The summed E-state index contributed by atoms with van der Waals surface area (Å²) < 4.78 is 0. The number of hydrogen-bond acceptors (Lipinski definition) is 3. The van der Waals surface area contributed by atoms with Gasteiger partial charge in [-0.25, -0.2) is 0 Å². The first-order chi connectivity index (χ1) is 8.94. The summed E-state index contributed by atoms with van der Waals surface area (Å²) in [5.74, 6) is 0.360. The number of allylic oxidation sites excluding steroid dienone is 2. The molecule has 0 saturated heterocycles. The van der Waals surface area contributed by atoms with Crippen LogP contribution in [0, 0.1) is 22.2 Å². The SMILES string of the molecule is CCC1(C=O)CC(=O)C2(O)CC34C(=CC[C@@H]3C)CC124. The second-order valence-corrected chi connectivity index (χ2v) is 7.18. The van der Waals surface area contributed by atoms with Crippen molar-refractivity contribution in [3.05, 3.63) is 11.6 Å². The highest BCUT2D eigenvalue weighted by Gasteiger charge is 2.92. The summed E-state index contributed by atoms with van der Waals surface area (Å²) in [6.07, 6.45) is 6.51. The quantitative estimate of drug-likeness (QED) is 0.610. The van der Waals surface area contributed by atoms with Gasteiger partial charge < -0.3 is 9.90 Å². The molecule has 3 nitrogen and oxygen atoms in total. The molecule has 0 aromatic carbocycles. The van der Waals surface area contributed by atoms with Crippen molar-refractivity contribution >= 4 is 12.1 Å². The molecule has 1 N–H and O–H groups in total. The maximum Gasteiger partial charge on any atom is 0.166 e. The Kier molecular flexibility index (Phi) is 1.79. The minimum atomic E-state index is -1.22. The molecule has 4 rings (SSSR count). The van der Waals surface area contributed by atoms with Crippen LogP contribution in [0.4, 0.5) is 0 Å². The summed E-state index contributed by atoms with van der Waals surface area (Å²) in [5.41, 5.74) is -0.987. The van der Waals surface area contributed by atoms with Gasteiger partial charge in [-0.15, -0.1) is 0 Å². The second-order valence-electron chi connectivity index (χ2n) is 7.18. The smallest absolute Gasteiger partial charge is 0.166 e. The lowest BCUT2D eigenvalue weighted by atomic mass is 9.25. The molecule has 2 spiro atoms. The van der Waals surface area contributed by atoms with Crippen molar-refractivity contribution in [3.63, 3.8) is 0 Å². The van der Waals surface area contributed by atoms with Crippen LogP contribution in [0.1, 0.15) is 46.0 Å². The Hall–Kier alpha value is -0.960. The maximum absolute atomic E-state index is 12.3. The molecule has 4 unspecified atom stereocenters. The fourth-order valence-corrected chi connectivity index (χ4v) is 6.29. The number of Topliss-reactive ketones (excluding diaryl/α,β-unsaturated/α-hetero) is 1. The zero-order valence-corrected chi connectivity index (χ0v) is 11.5. The summed E-state index contributed by atoms with van der Waals surface area (Å²) >= 11 is 0. The third-order valence-corrected chi connectivity index (χ3v) is 7.23. The van der Waals surface area contributed by atoms with Crippen LogP contribution in [0.5, 0.6) is 0 Å². The normalized spacial score (nSPS) is 57.5. The molecule has 3 saturated carbocycles. The molecule has 4 aliphatic carbocycles. The minimum absolute atomic E-state index is 0.0508. The summed E-state index contributed by atoms with van der Waals surface area (Å²) in [6.45, 7) is 4.19. The van der Waals surface area contributed by atoms with Gasteiger partial charge in [-0.05, 0) is 31.6 Å². The average Bonchev–Trinajstić information content (AvgIpc) is 2.75. The first kappa shape index (κ1) is 11.8. The Morgan fingerprint density at radius 3 is 2.79 bits per heavy atom. The molecule has 5 atom stereocenters. The number of hydrogen-bond donors (Lipinski definition) is 1. The number of aliphatic hydroxyl groups is 1. The summed E-state index contributed by atoms with van der Waals surface area (Å²) in [7, 11) is 0. The van der Waals surface area contributed by atoms with Gasteiger partial charge in [0.2, 0.25) is 0 Å². The van der Waals surface area contributed by atoms with Gasteiger partial charge in [-0.1, -0.05) is 25.5 Å². The molecule has 0 aromatic heterocycles. The Morgan fingerprint density at radius 2 is 2.21 bits per heavy atom. The maximum atomic E-state index is 12.3. The standard InChI is InChI=1S/C16H20O3/c1-3-13(9-17)7-12(18)15(19)8-14-10(2)4-5-11(14)6-16(13,14)15/h5,9-10,19H,3-4,6-8H2,1-2H3/t10-,13?,14?,15?,16?/m0/s1. The third-order valence-electron chi connectivity index (χ3n) is 7.23. The number of carbonyl (C=O) groups excluding carboxylic acids is 2. The zero-order valence-electron chi connectivity index (χ0n) is 11.5. The lowest BCUT2D eigenvalue weighted by Crippen LogP contribution is -2.81. The van der Waals surface area contributed by atoms with Crippen molar-refractivity contribution < 1.29 is 14.7 Å². The van der Waals surface area contributed by atoms with E-state index in [1.165, 1.54) is 5.57 Å². The molecule has 0 bridgehead atoms. The largest absolute Gasteiger partial charge is 0.381 e. The molecular formula is C16H20O3. The van der Waals surface area contributed by atoms with E-state index in [0.717, 1.165) is 19.1 Å². The van der Waals surface area contributed by atoms with Gasteiger partial charge in [0.05, 0.1) is 0 Å². The highest BCUT2D eigenvalue weighted by molar-refractivity contribution is 5.99. The molecule has 0 aromatic rings. The zero-order chi connectivity index (χ0) is 13.7. The van der Waals surface area contributed by atoms with Gasteiger partial charge in [0.25, 0.3) is 0 Å². The van der Waals surface area contributed by atoms with E-state index in [0.29, 0.717) is 18.8 Å². The Balaban J connectivity index is 1.95. The number of rotatable bonds is 2. The lowest BCUT2D eigenvalue weighted by molar-refractivity contribution is -0.306. The van der Waals surface area contributed by atoms with Crippen LogP contribution in [0.15, 0.2) is 11.6 Å². The molecule has 4 aliphatic rings. The van der Waals surface area contributed by atoms with Crippen molar-refractivity contribution in [3.8, 4) is 0 Å². The van der Waals surface area contributed by atoms with E-state index in [4.69, 9.17) is 0 Å². The first-order valence-electron chi connectivity index (χ1n) is 7.36. The van der Waals surface area contributed by atoms with E-state index >= 15 is 0 Å². The minimum Gasteiger partial charge on any atom is -0.381 e. The van der Waals surface area contributed by atoms with Crippen LogP contribution in [0.3, 0.4) is 0 Å². The van der Waals surface area contributed by atoms with Crippen LogP contribution in [-0.4, -0.2) is 22.8 Å². The van der Waals surface area contributed by atoms with Crippen LogP contribution in [0.2, 0.25) is 0 Å². The van der Waals surface area contributed by atoms with Crippen molar-refractivity contribution in [2.75, 3.05) is 0 Å². The van der Waals surface area contributed by atoms with E-state index in [1.54, 1.807) is 0 Å². The van der Waals surface area contributed by atoms with E-state index < -0.39 is 16.4 Å². The fraction of sp³-hybridized carbons (Fsp3) is 0.750. The Labute approximate surface area is 113 Å². The number of ketones is 1. The van der Waals surface area contributed by atoms with Crippen molar-refractivity contribution in [2.45, 2.75) is 51.6 Å². The lowest BCUT2D eigenvalue weighted by Gasteiger charge is -2.78. The molecule has 0 heterocycles. The van der Waals surface area contributed by atoms with Crippen LogP contribution in [-0.2, 0) is 9.59 Å². The van der Waals surface area contributed by atoms with E-state index in [9.17, 15) is 14.7 Å². The highest BCUT2D eigenvalue weighted by atomic mass is 16.3. The second kappa shape index (κ2) is 2.88. The molecule has 3 fully saturated rings. The van der Waals surface area contributed by atoms with Crippen LogP contribution < -0.4 is 0 Å². The molecular weight excluding hydrogens is 240 g/mol. The van der Waals surface area contributed by atoms with E-state index in [1.807, 2.05) is 6.92 Å². The Bertz CT molecular complexity index is 550. The molecule has 102 valence electrons. The van der Waals surface area contributed by atoms with Gasteiger partial charge in [0.1, 0.15) is 11.9 Å². The molecule has 0 amide bonds. The Morgan fingerprint density at radius 1 is 1.47 bits per heavy atom. The van der Waals surface area contributed by atoms with Crippen molar-refractivity contribution in [1.29, 1.82) is 0 Å². The average molecular weight is 260 g/mol. The van der Waals surface area contributed by atoms with Crippen LogP contribution in [0.25, 0.3) is 0 Å². The predicted octanol–water partition coefficient (Wildman–Crippen LogP) is 2.03. The topological polar surface area (TPSA) is 54.4 Å². The van der Waals surface area contributed by atoms with Gasteiger partial charge >= 0.3 is 0 Å². The number of carbonyl (C=O) groups is 2. The summed E-state index contributed by atoms with van der Waals surface area (Å²) in [6, 6.07) is 0. The third kappa shape index (κ3) is 0.764. The summed E-state index contributed by atoms with van der Waals surface area (Å²) in [4.78, 5) is 24.2.